The van der Waals surface area contributed by atoms with E-state index >= 15 is 0 Å². The minimum Gasteiger partial charge on any atom is -0.312 e. The van der Waals surface area contributed by atoms with Gasteiger partial charge in [0, 0.05) is 30.1 Å². The highest BCUT2D eigenvalue weighted by Gasteiger charge is 2.29. The minimum absolute atomic E-state index is 0.195. The van der Waals surface area contributed by atoms with Crippen molar-refractivity contribution in [3.05, 3.63) is 28.2 Å². The largest absolute Gasteiger partial charge is 0.312 e. The molecule has 0 spiro atoms. The van der Waals surface area contributed by atoms with Gasteiger partial charge in [0.1, 0.15) is 0 Å². The highest BCUT2D eigenvalue weighted by molar-refractivity contribution is 9.10. The van der Waals surface area contributed by atoms with Crippen molar-refractivity contribution in [1.82, 2.24) is 9.62 Å². The number of aryl methyl sites for hydroxylation is 1. The van der Waals surface area contributed by atoms with E-state index in [9.17, 15) is 8.42 Å². The Morgan fingerprint density at radius 2 is 2.17 bits per heavy atom. The number of nitrogens with one attached hydrogen (secondary N) is 1. The Kier molecular flexibility index (Phi) is 4.11. The van der Waals surface area contributed by atoms with Gasteiger partial charge in [0.15, 0.2) is 0 Å². The molecule has 4 nitrogen and oxygen atoms in total. The van der Waals surface area contributed by atoms with Crippen LogP contribution in [0, 0.1) is 6.92 Å². The van der Waals surface area contributed by atoms with Crippen LogP contribution in [0.25, 0.3) is 0 Å². The van der Waals surface area contributed by atoms with E-state index in [2.05, 4.69) is 21.2 Å². The van der Waals surface area contributed by atoms with Crippen LogP contribution < -0.4 is 5.32 Å². The number of nitrogens with zero attached hydrogens (tertiary/aromatic N) is 1. The predicted molar refractivity (Wildman–Crippen MR) is 75.1 cm³/mol. The molecule has 6 heteroatoms. The van der Waals surface area contributed by atoms with Gasteiger partial charge >= 0.3 is 0 Å². The lowest BCUT2D eigenvalue weighted by molar-refractivity contribution is 0.310. The molecule has 1 atom stereocenters. The molecule has 1 aliphatic heterocycles. The highest BCUT2D eigenvalue weighted by Crippen LogP contribution is 2.24. The SMILES string of the molecule is Cc1ccc(Br)cc1S(=O)(=O)N1CCN[C@@H](C)C1. The van der Waals surface area contributed by atoms with E-state index in [1.54, 1.807) is 10.4 Å². The maximum Gasteiger partial charge on any atom is 0.243 e. The Morgan fingerprint density at radius 1 is 1.44 bits per heavy atom. The first kappa shape index (κ1) is 14.0. The number of sulfonamides is 1. The molecule has 1 saturated heterocycles. The summed E-state index contributed by atoms with van der Waals surface area (Å²) in [6.45, 7) is 5.57. The van der Waals surface area contributed by atoms with Gasteiger partial charge in [0.2, 0.25) is 10.0 Å². The number of benzene rings is 1. The van der Waals surface area contributed by atoms with Crippen LogP contribution in [0.15, 0.2) is 27.6 Å². The molecule has 2 rings (SSSR count). The first-order valence-electron chi connectivity index (χ1n) is 5.91. The fourth-order valence-electron chi connectivity index (χ4n) is 2.11. The summed E-state index contributed by atoms with van der Waals surface area (Å²) in [5, 5.41) is 3.25. The van der Waals surface area contributed by atoms with Gasteiger partial charge in [0.25, 0.3) is 0 Å². The molecule has 1 N–H and O–H groups in total. The molecule has 0 amide bonds. The van der Waals surface area contributed by atoms with Crippen molar-refractivity contribution in [1.29, 1.82) is 0 Å². The van der Waals surface area contributed by atoms with Gasteiger partial charge in [-0.15, -0.1) is 0 Å². The predicted octanol–water partition coefficient (Wildman–Crippen LogP) is 1.74. The molecule has 1 heterocycles. The van der Waals surface area contributed by atoms with Crippen molar-refractivity contribution < 1.29 is 8.42 Å². The number of rotatable bonds is 2. The Morgan fingerprint density at radius 3 is 2.83 bits per heavy atom. The van der Waals surface area contributed by atoms with Crippen molar-refractivity contribution in [3.8, 4) is 0 Å². The van der Waals surface area contributed by atoms with Gasteiger partial charge in [0.05, 0.1) is 4.90 Å². The zero-order valence-corrected chi connectivity index (χ0v) is 12.9. The van der Waals surface area contributed by atoms with Crippen molar-refractivity contribution in [3.63, 3.8) is 0 Å². The van der Waals surface area contributed by atoms with Crippen LogP contribution >= 0.6 is 15.9 Å². The Hall–Kier alpha value is -0.430. The smallest absolute Gasteiger partial charge is 0.243 e. The number of hydrogen-bond acceptors (Lipinski definition) is 3. The lowest BCUT2D eigenvalue weighted by Crippen LogP contribution is -2.51. The molecule has 0 saturated carbocycles. The van der Waals surface area contributed by atoms with Crippen LogP contribution in [-0.4, -0.2) is 38.4 Å². The lowest BCUT2D eigenvalue weighted by Gasteiger charge is -2.31. The zero-order valence-electron chi connectivity index (χ0n) is 10.5. The molecule has 0 aromatic heterocycles. The second kappa shape index (κ2) is 5.28. The van der Waals surface area contributed by atoms with E-state index in [1.165, 1.54) is 0 Å². The summed E-state index contributed by atoms with van der Waals surface area (Å²) in [6.07, 6.45) is 0. The van der Waals surface area contributed by atoms with Crippen LogP contribution in [0.2, 0.25) is 0 Å². The van der Waals surface area contributed by atoms with Gasteiger partial charge in [-0.05, 0) is 31.5 Å². The van der Waals surface area contributed by atoms with Gasteiger partial charge in [-0.3, -0.25) is 0 Å². The Labute approximate surface area is 117 Å². The molecule has 0 aliphatic carbocycles. The van der Waals surface area contributed by atoms with Gasteiger partial charge in [-0.2, -0.15) is 4.31 Å². The average Bonchev–Trinajstić information content (AvgIpc) is 2.32. The molecule has 1 aromatic rings. The normalized spacial score (nSPS) is 22.1. The van der Waals surface area contributed by atoms with E-state index in [0.717, 1.165) is 10.0 Å². The maximum absolute atomic E-state index is 12.6. The molecule has 18 heavy (non-hydrogen) atoms. The highest BCUT2D eigenvalue weighted by atomic mass is 79.9. The Balaban J connectivity index is 2.38. The molecule has 0 bridgehead atoms. The van der Waals surface area contributed by atoms with E-state index in [4.69, 9.17) is 0 Å². The van der Waals surface area contributed by atoms with E-state index in [0.29, 0.717) is 24.5 Å². The summed E-state index contributed by atoms with van der Waals surface area (Å²) < 4.78 is 27.5. The molecule has 1 aliphatic rings. The number of halogens is 1. The Bertz CT molecular complexity index is 545. The van der Waals surface area contributed by atoms with Crippen LogP contribution in [0.3, 0.4) is 0 Å². The van der Waals surface area contributed by atoms with Crippen LogP contribution in [0.1, 0.15) is 12.5 Å². The average molecular weight is 333 g/mol. The second-order valence-corrected chi connectivity index (χ2v) is 7.45. The fourth-order valence-corrected chi connectivity index (χ4v) is 4.40. The molecule has 100 valence electrons. The summed E-state index contributed by atoms with van der Waals surface area (Å²) in [7, 11) is -3.38. The zero-order chi connectivity index (χ0) is 13.3. The van der Waals surface area contributed by atoms with Crippen molar-refractivity contribution >= 4 is 26.0 Å². The topological polar surface area (TPSA) is 49.4 Å². The van der Waals surface area contributed by atoms with Gasteiger partial charge in [-0.1, -0.05) is 22.0 Å². The summed E-state index contributed by atoms with van der Waals surface area (Å²) in [5.41, 5.74) is 0.782. The minimum atomic E-state index is -3.38. The van der Waals surface area contributed by atoms with E-state index in [-0.39, 0.29) is 6.04 Å². The molecule has 0 unspecified atom stereocenters. The third-order valence-electron chi connectivity index (χ3n) is 3.10. The van der Waals surface area contributed by atoms with Crippen LogP contribution in [0.4, 0.5) is 0 Å². The van der Waals surface area contributed by atoms with Gasteiger partial charge in [-0.25, -0.2) is 8.42 Å². The number of piperazine rings is 1. The van der Waals surface area contributed by atoms with Crippen molar-refractivity contribution in [2.45, 2.75) is 24.8 Å². The summed E-state index contributed by atoms with van der Waals surface area (Å²) in [4.78, 5) is 0.394. The van der Waals surface area contributed by atoms with E-state index < -0.39 is 10.0 Å². The molecule has 1 fully saturated rings. The molecular formula is C12H17BrN2O2S. The first-order valence-corrected chi connectivity index (χ1v) is 8.14. The van der Waals surface area contributed by atoms with Crippen LogP contribution in [0.5, 0.6) is 0 Å². The first-order chi connectivity index (χ1) is 8.41. The molecule has 0 radical (unpaired) electrons. The van der Waals surface area contributed by atoms with E-state index in [1.807, 2.05) is 26.0 Å². The molecule has 1 aromatic carbocycles. The fraction of sp³-hybridized carbons (Fsp3) is 0.500. The van der Waals surface area contributed by atoms with Crippen LogP contribution in [-0.2, 0) is 10.0 Å². The quantitative estimate of drug-likeness (QED) is 0.897. The van der Waals surface area contributed by atoms with Crippen molar-refractivity contribution in [2.24, 2.45) is 0 Å². The lowest BCUT2D eigenvalue weighted by atomic mass is 10.2. The second-order valence-electron chi connectivity index (χ2n) is 4.63. The molecular weight excluding hydrogens is 316 g/mol. The summed E-state index contributed by atoms with van der Waals surface area (Å²) in [6, 6.07) is 5.55. The maximum atomic E-state index is 12.6. The monoisotopic (exact) mass is 332 g/mol. The van der Waals surface area contributed by atoms with Crippen molar-refractivity contribution in [2.75, 3.05) is 19.6 Å². The third-order valence-corrected chi connectivity index (χ3v) is 5.60. The summed E-state index contributed by atoms with van der Waals surface area (Å²) in [5.74, 6) is 0. The standard InChI is InChI=1S/C12H17BrN2O2S/c1-9-3-4-11(13)7-12(9)18(16,17)15-6-5-14-10(2)8-15/h3-4,7,10,14H,5-6,8H2,1-2H3/t10-/m0/s1. The summed E-state index contributed by atoms with van der Waals surface area (Å²) >= 11 is 3.33. The number of hydrogen-bond donors (Lipinski definition) is 1. The third kappa shape index (κ3) is 2.77. The van der Waals surface area contributed by atoms with Gasteiger partial charge < -0.3 is 5.32 Å².